The second kappa shape index (κ2) is 7.63. The molecule has 0 aromatic rings. The van der Waals surface area contributed by atoms with Crippen LogP contribution in [0.1, 0.15) is 39.0 Å². The Kier molecular flexibility index (Phi) is 6.42. The summed E-state index contributed by atoms with van der Waals surface area (Å²) < 4.78 is 0. The Hall–Kier alpha value is -0.610. The second-order valence-corrected chi connectivity index (χ2v) is 4.47. The van der Waals surface area contributed by atoms with Gasteiger partial charge in [0.15, 0.2) is 0 Å². The molecule has 94 valence electrons. The highest BCUT2D eigenvalue weighted by Crippen LogP contribution is 2.08. The SMILES string of the molecule is CCC(O)CCNCC(=O)N1CCCCC1. The second-order valence-electron chi connectivity index (χ2n) is 4.47. The molecule has 1 amide bonds. The molecule has 0 bridgehead atoms. The predicted molar refractivity (Wildman–Crippen MR) is 64.2 cm³/mol. The molecule has 0 aromatic heterocycles. The lowest BCUT2D eigenvalue weighted by Gasteiger charge is -2.26. The Morgan fingerprint density at radius 3 is 2.69 bits per heavy atom. The molecule has 1 unspecified atom stereocenters. The number of aliphatic hydroxyl groups is 1. The van der Waals surface area contributed by atoms with Crippen molar-refractivity contribution in [1.82, 2.24) is 10.2 Å². The molecule has 4 nitrogen and oxygen atoms in total. The Bertz CT molecular complexity index is 203. The lowest BCUT2D eigenvalue weighted by Crippen LogP contribution is -2.41. The zero-order chi connectivity index (χ0) is 11.8. The number of carbonyl (C=O) groups excluding carboxylic acids is 1. The standard InChI is InChI=1S/C12H24N2O2/c1-2-11(15)6-7-13-10-12(16)14-8-4-3-5-9-14/h11,13,15H,2-10H2,1H3. The van der Waals surface area contributed by atoms with E-state index in [0.29, 0.717) is 13.1 Å². The maximum absolute atomic E-state index is 11.7. The highest BCUT2D eigenvalue weighted by molar-refractivity contribution is 5.78. The van der Waals surface area contributed by atoms with Crippen LogP contribution in [0, 0.1) is 0 Å². The maximum Gasteiger partial charge on any atom is 0.236 e. The average molecular weight is 228 g/mol. The van der Waals surface area contributed by atoms with Crippen LogP contribution in [-0.2, 0) is 4.79 Å². The molecule has 1 fully saturated rings. The molecule has 4 heteroatoms. The van der Waals surface area contributed by atoms with E-state index in [1.807, 2.05) is 11.8 Å². The van der Waals surface area contributed by atoms with Gasteiger partial charge in [-0.15, -0.1) is 0 Å². The van der Waals surface area contributed by atoms with Crippen LogP contribution in [0.4, 0.5) is 0 Å². The summed E-state index contributed by atoms with van der Waals surface area (Å²) in [6.07, 6.45) is 4.80. The molecule has 0 saturated carbocycles. The molecule has 1 rings (SSSR count). The molecule has 0 spiro atoms. The van der Waals surface area contributed by atoms with Crippen molar-refractivity contribution in [2.24, 2.45) is 0 Å². The van der Waals surface area contributed by atoms with Crippen molar-refractivity contribution in [3.63, 3.8) is 0 Å². The number of nitrogens with one attached hydrogen (secondary N) is 1. The van der Waals surface area contributed by atoms with Gasteiger partial charge in [-0.05, 0) is 38.6 Å². The van der Waals surface area contributed by atoms with Gasteiger partial charge in [0, 0.05) is 13.1 Å². The first kappa shape index (κ1) is 13.5. The van der Waals surface area contributed by atoms with Crippen LogP contribution >= 0.6 is 0 Å². The summed E-state index contributed by atoms with van der Waals surface area (Å²) in [5.41, 5.74) is 0. The van der Waals surface area contributed by atoms with Gasteiger partial charge in [0.1, 0.15) is 0 Å². The van der Waals surface area contributed by atoms with Crippen molar-refractivity contribution in [1.29, 1.82) is 0 Å². The number of piperidine rings is 1. The summed E-state index contributed by atoms with van der Waals surface area (Å²) in [6, 6.07) is 0. The predicted octanol–water partition coefficient (Wildman–Crippen LogP) is 0.749. The summed E-state index contributed by atoms with van der Waals surface area (Å²) in [5.74, 6) is 0.200. The molecule has 0 radical (unpaired) electrons. The van der Waals surface area contributed by atoms with Crippen LogP contribution < -0.4 is 5.32 Å². The summed E-state index contributed by atoms with van der Waals surface area (Å²) >= 11 is 0. The minimum atomic E-state index is -0.238. The van der Waals surface area contributed by atoms with Gasteiger partial charge in [-0.3, -0.25) is 4.79 Å². The molecule has 1 aliphatic heterocycles. The smallest absolute Gasteiger partial charge is 0.236 e. The van der Waals surface area contributed by atoms with E-state index in [0.717, 1.165) is 38.8 Å². The summed E-state index contributed by atoms with van der Waals surface area (Å²) in [7, 11) is 0. The molecule has 1 saturated heterocycles. The van der Waals surface area contributed by atoms with Crippen LogP contribution in [0.25, 0.3) is 0 Å². The molecular weight excluding hydrogens is 204 g/mol. The number of amides is 1. The third-order valence-corrected chi connectivity index (χ3v) is 3.11. The first-order chi connectivity index (χ1) is 7.74. The largest absolute Gasteiger partial charge is 0.393 e. The third-order valence-electron chi connectivity index (χ3n) is 3.11. The maximum atomic E-state index is 11.7. The van der Waals surface area contributed by atoms with Crippen LogP contribution in [0.15, 0.2) is 0 Å². The number of carbonyl (C=O) groups is 1. The van der Waals surface area contributed by atoms with Gasteiger partial charge in [0.25, 0.3) is 0 Å². The van der Waals surface area contributed by atoms with Gasteiger partial charge < -0.3 is 15.3 Å². The topological polar surface area (TPSA) is 52.6 Å². The van der Waals surface area contributed by atoms with Crippen LogP contribution in [0.5, 0.6) is 0 Å². The molecule has 16 heavy (non-hydrogen) atoms. The molecule has 0 aliphatic carbocycles. The number of likely N-dealkylation sites (tertiary alicyclic amines) is 1. The first-order valence-corrected chi connectivity index (χ1v) is 6.40. The molecular formula is C12H24N2O2. The minimum Gasteiger partial charge on any atom is -0.393 e. The third kappa shape index (κ3) is 4.94. The molecule has 2 N–H and O–H groups in total. The van der Waals surface area contributed by atoms with Gasteiger partial charge >= 0.3 is 0 Å². The quantitative estimate of drug-likeness (QED) is 0.660. The van der Waals surface area contributed by atoms with E-state index in [1.165, 1.54) is 6.42 Å². The monoisotopic (exact) mass is 228 g/mol. The fourth-order valence-corrected chi connectivity index (χ4v) is 1.92. The van der Waals surface area contributed by atoms with Crippen molar-refractivity contribution >= 4 is 5.91 Å². The van der Waals surface area contributed by atoms with Crippen molar-refractivity contribution in [3.05, 3.63) is 0 Å². The summed E-state index contributed by atoms with van der Waals surface area (Å²) in [5, 5.41) is 12.4. The highest BCUT2D eigenvalue weighted by atomic mass is 16.3. The average Bonchev–Trinajstić information content (AvgIpc) is 2.35. The number of hydrogen-bond acceptors (Lipinski definition) is 3. The fourth-order valence-electron chi connectivity index (χ4n) is 1.92. The van der Waals surface area contributed by atoms with Crippen molar-refractivity contribution < 1.29 is 9.90 Å². The van der Waals surface area contributed by atoms with Crippen LogP contribution in [0.2, 0.25) is 0 Å². The van der Waals surface area contributed by atoms with Crippen molar-refractivity contribution in [3.8, 4) is 0 Å². The summed E-state index contributed by atoms with van der Waals surface area (Å²) in [6.45, 7) is 4.92. The van der Waals surface area contributed by atoms with Crippen LogP contribution in [-0.4, -0.2) is 48.2 Å². The van der Waals surface area contributed by atoms with E-state index in [1.54, 1.807) is 0 Å². The normalized spacial score (nSPS) is 18.5. The van der Waals surface area contributed by atoms with E-state index in [-0.39, 0.29) is 12.0 Å². The lowest BCUT2D eigenvalue weighted by molar-refractivity contribution is -0.131. The first-order valence-electron chi connectivity index (χ1n) is 6.40. The van der Waals surface area contributed by atoms with Gasteiger partial charge in [-0.1, -0.05) is 6.92 Å². The molecule has 0 aromatic carbocycles. The number of aliphatic hydroxyl groups excluding tert-OH is 1. The van der Waals surface area contributed by atoms with Gasteiger partial charge in [-0.25, -0.2) is 0 Å². The Morgan fingerprint density at radius 2 is 2.06 bits per heavy atom. The van der Waals surface area contributed by atoms with Crippen molar-refractivity contribution in [2.45, 2.75) is 45.1 Å². The Labute approximate surface area is 98.0 Å². The van der Waals surface area contributed by atoms with E-state index in [9.17, 15) is 9.90 Å². The van der Waals surface area contributed by atoms with E-state index in [4.69, 9.17) is 0 Å². The lowest BCUT2D eigenvalue weighted by atomic mass is 10.1. The zero-order valence-electron chi connectivity index (χ0n) is 10.2. The Morgan fingerprint density at radius 1 is 1.38 bits per heavy atom. The van der Waals surface area contributed by atoms with Gasteiger partial charge in [-0.2, -0.15) is 0 Å². The number of hydrogen-bond donors (Lipinski definition) is 2. The molecule has 1 aliphatic rings. The molecule has 1 heterocycles. The van der Waals surface area contributed by atoms with E-state index < -0.39 is 0 Å². The van der Waals surface area contributed by atoms with E-state index >= 15 is 0 Å². The fraction of sp³-hybridized carbons (Fsp3) is 0.917. The van der Waals surface area contributed by atoms with Gasteiger partial charge in [0.2, 0.25) is 5.91 Å². The summed E-state index contributed by atoms with van der Waals surface area (Å²) in [4.78, 5) is 13.7. The van der Waals surface area contributed by atoms with Gasteiger partial charge in [0.05, 0.1) is 12.6 Å². The highest BCUT2D eigenvalue weighted by Gasteiger charge is 2.15. The van der Waals surface area contributed by atoms with Crippen molar-refractivity contribution in [2.75, 3.05) is 26.2 Å². The van der Waals surface area contributed by atoms with E-state index in [2.05, 4.69) is 5.32 Å². The number of rotatable bonds is 6. The zero-order valence-corrected chi connectivity index (χ0v) is 10.2. The Balaban J connectivity index is 2.05. The minimum absolute atomic E-state index is 0.200. The number of nitrogens with zero attached hydrogens (tertiary/aromatic N) is 1. The molecule has 1 atom stereocenters. The van der Waals surface area contributed by atoms with Crippen LogP contribution in [0.3, 0.4) is 0 Å².